The van der Waals surface area contributed by atoms with Gasteiger partial charge in [0, 0.05) is 4.88 Å². The predicted octanol–water partition coefficient (Wildman–Crippen LogP) is 4.46. The van der Waals surface area contributed by atoms with Crippen LogP contribution in [0.4, 0.5) is 0 Å². The first-order chi connectivity index (χ1) is 9.97. The van der Waals surface area contributed by atoms with E-state index in [1.165, 1.54) is 0 Å². The maximum Gasteiger partial charge on any atom is 0.261 e. The van der Waals surface area contributed by atoms with E-state index in [4.69, 9.17) is 4.74 Å². The van der Waals surface area contributed by atoms with Crippen LogP contribution in [0.1, 0.15) is 30.3 Å². The van der Waals surface area contributed by atoms with Gasteiger partial charge in [0.2, 0.25) is 0 Å². The van der Waals surface area contributed by atoms with Gasteiger partial charge in [0.25, 0.3) is 5.91 Å². The molecule has 1 heterocycles. The Morgan fingerprint density at radius 3 is 2.71 bits per heavy atom. The summed E-state index contributed by atoms with van der Waals surface area (Å²) in [5, 5.41) is 4.97. The Hall–Kier alpha value is -1.33. The Balaban J connectivity index is 1.96. The predicted molar refractivity (Wildman–Crippen MR) is 89.8 cm³/mol. The standard InChI is InChI=1S/C16H18BrNO2S/c1-10-6-7-14(13(17)9-10)20-12(3)16(19)18-11(2)15-5-4-8-21-15/h4-9,11-12H,1-3H3,(H,18,19)/t11-,12-/m0/s1. The van der Waals surface area contributed by atoms with Crippen LogP contribution in [0.2, 0.25) is 0 Å². The van der Waals surface area contributed by atoms with Crippen molar-refractivity contribution in [2.45, 2.75) is 32.9 Å². The van der Waals surface area contributed by atoms with Crippen LogP contribution in [0, 0.1) is 6.92 Å². The van der Waals surface area contributed by atoms with Gasteiger partial charge in [-0.15, -0.1) is 11.3 Å². The smallest absolute Gasteiger partial charge is 0.261 e. The number of carbonyl (C=O) groups is 1. The highest BCUT2D eigenvalue weighted by molar-refractivity contribution is 9.10. The van der Waals surface area contributed by atoms with Gasteiger partial charge >= 0.3 is 0 Å². The average Bonchev–Trinajstić information content (AvgIpc) is 2.95. The van der Waals surface area contributed by atoms with E-state index >= 15 is 0 Å². The molecular formula is C16H18BrNO2S. The van der Waals surface area contributed by atoms with Gasteiger partial charge in [0.1, 0.15) is 5.75 Å². The highest BCUT2D eigenvalue weighted by Gasteiger charge is 2.19. The molecular weight excluding hydrogens is 350 g/mol. The third kappa shape index (κ3) is 4.32. The number of nitrogens with one attached hydrogen (secondary N) is 1. The van der Waals surface area contributed by atoms with E-state index in [1.54, 1.807) is 18.3 Å². The van der Waals surface area contributed by atoms with Gasteiger partial charge in [0.05, 0.1) is 10.5 Å². The summed E-state index contributed by atoms with van der Waals surface area (Å²) in [7, 11) is 0. The molecule has 1 N–H and O–H groups in total. The van der Waals surface area contributed by atoms with Crippen molar-refractivity contribution in [3.8, 4) is 5.75 Å². The minimum Gasteiger partial charge on any atom is -0.480 e. The van der Waals surface area contributed by atoms with E-state index in [0.29, 0.717) is 5.75 Å². The lowest BCUT2D eigenvalue weighted by molar-refractivity contribution is -0.127. The average molecular weight is 368 g/mol. The number of benzene rings is 1. The van der Waals surface area contributed by atoms with Crippen LogP contribution in [0.25, 0.3) is 0 Å². The summed E-state index contributed by atoms with van der Waals surface area (Å²) < 4.78 is 6.58. The molecule has 1 aromatic heterocycles. The number of ether oxygens (including phenoxy) is 1. The molecule has 0 bridgehead atoms. The third-order valence-corrected chi connectivity index (χ3v) is 4.76. The summed E-state index contributed by atoms with van der Waals surface area (Å²) in [4.78, 5) is 13.3. The summed E-state index contributed by atoms with van der Waals surface area (Å²) in [5.41, 5.74) is 1.14. The molecule has 21 heavy (non-hydrogen) atoms. The van der Waals surface area contributed by atoms with Crippen LogP contribution in [-0.2, 0) is 4.79 Å². The Morgan fingerprint density at radius 1 is 1.33 bits per heavy atom. The molecule has 2 atom stereocenters. The first-order valence-electron chi connectivity index (χ1n) is 6.74. The fourth-order valence-corrected chi connectivity index (χ4v) is 3.21. The van der Waals surface area contributed by atoms with Crippen molar-refractivity contribution >= 4 is 33.2 Å². The molecule has 0 saturated carbocycles. The number of amides is 1. The fourth-order valence-electron chi connectivity index (χ4n) is 1.88. The number of rotatable bonds is 5. The monoisotopic (exact) mass is 367 g/mol. The maximum absolute atomic E-state index is 12.2. The molecule has 3 nitrogen and oxygen atoms in total. The normalized spacial score (nSPS) is 13.5. The minimum atomic E-state index is -0.550. The highest BCUT2D eigenvalue weighted by Crippen LogP contribution is 2.27. The molecule has 0 radical (unpaired) electrons. The van der Waals surface area contributed by atoms with Crippen molar-refractivity contribution < 1.29 is 9.53 Å². The van der Waals surface area contributed by atoms with Crippen LogP contribution in [-0.4, -0.2) is 12.0 Å². The molecule has 112 valence electrons. The van der Waals surface area contributed by atoms with Gasteiger partial charge < -0.3 is 10.1 Å². The Labute approximate surface area is 137 Å². The number of carbonyl (C=O) groups excluding carboxylic acids is 1. The van der Waals surface area contributed by atoms with Crippen LogP contribution in [0.3, 0.4) is 0 Å². The zero-order valence-electron chi connectivity index (χ0n) is 12.2. The highest BCUT2D eigenvalue weighted by atomic mass is 79.9. The minimum absolute atomic E-state index is 0.00925. The van der Waals surface area contributed by atoms with Gasteiger partial charge in [-0.3, -0.25) is 4.79 Å². The lowest BCUT2D eigenvalue weighted by Gasteiger charge is -2.18. The second-order valence-corrected chi connectivity index (χ2v) is 6.77. The van der Waals surface area contributed by atoms with Gasteiger partial charge in [0.15, 0.2) is 6.10 Å². The first-order valence-corrected chi connectivity index (χ1v) is 8.41. The SMILES string of the molecule is Cc1ccc(O[C@@H](C)C(=O)N[C@@H](C)c2cccs2)c(Br)c1. The number of halogens is 1. The summed E-state index contributed by atoms with van der Waals surface area (Å²) in [6, 6.07) is 9.77. The van der Waals surface area contributed by atoms with E-state index in [-0.39, 0.29) is 11.9 Å². The van der Waals surface area contributed by atoms with Crippen molar-refractivity contribution in [1.29, 1.82) is 0 Å². The van der Waals surface area contributed by atoms with Crippen LogP contribution in [0.5, 0.6) is 5.75 Å². The molecule has 2 aromatic rings. The molecule has 0 unspecified atom stereocenters. The van der Waals surface area contributed by atoms with Crippen molar-refractivity contribution in [2.24, 2.45) is 0 Å². The summed E-state index contributed by atoms with van der Waals surface area (Å²) >= 11 is 5.08. The largest absolute Gasteiger partial charge is 0.480 e. The van der Waals surface area contributed by atoms with Crippen LogP contribution >= 0.6 is 27.3 Å². The van der Waals surface area contributed by atoms with E-state index in [0.717, 1.165) is 14.9 Å². The van der Waals surface area contributed by atoms with E-state index in [9.17, 15) is 4.79 Å². The zero-order valence-corrected chi connectivity index (χ0v) is 14.6. The number of hydrogen-bond acceptors (Lipinski definition) is 3. The number of hydrogen-bond donors (Lipinski definition) is 1. The van der Waals surface area contributed by atoms with Crippen molar-refractivity contribution in [1.82, 2.24) is 5.32 Å². The van der Waals surface area contributed by atoms with Gasteiger partial charge in [-0.25, -0.2) is 0 Å². The van der Waals surface area contributed by atoms with Crippen LogP contribution in [0.15, 0.2) is 40.2 Å². The maximum atomic E-state index is 12.2. The molecule has 0 saturated heterocycles. The Bertz CT molecular complexity index is 613. The topological polar surface area (TPSA) is 38.3 Å². The first kappa shape index (κ1) is 16.0. The molecule has 0 fully saturated rings. The summed E-state index contributed by atoms with van der Waals surface area (Å²) in [5.74, 6) is 0.551. The van der Waals surface area contributed by atoms with Crippen molar-refractivity contribution in [3.63, 3.8) is 0 Å². The summed E-state index contributed by atoms with van der Waals surface area (Å²) in [6.45, 7) is 5.73. The molecule has 0 aliphatic rings. The second kappa shape index (κ2) is 7.09. The van der Waals surface area contributed by atoms with Gasteiger partial charge in [-0.2, -0.15) is 0 Å². The summed E-state index contributed by atoms with van der Waals surface area (Å²) in [6.07, 6.45) is -0.550. The van der Waals surface area contributed by atoms with Crippen molar-refractivity contribution in [3.05, 3.63) is 50.6 Å². The zero-order chi connectivity index (χ0) is 15.4. The molecule has 5 heteroatoms. The second-order valence-electron chi connectivity index (χ2n) is 4.94. The lowest BCUT2D eigenvalue weighted by atomic mass is 10.2. The lowest BCUT2D eigenvalue weighted by Crippen LogP contribution is -2.37. The van der Waals surface area contributed by atoms with Gasteiger partial charge in [-0.1, -0.05) is 12.1 Å². The van der Waals surface area contributed by atoms with Gasteiger partial charge in [-0.05, 0) is 65.8 Å². The number of aryl methyl sites for hydroxylation is 1. The number of thiophene rings is 1. The van der Waals surface area contributed by atoms with E-state index in [2.05, 4.69) is 21.2 Å². The molecule has 2 rings (SSSR count). The molecule has 1 aromatic carbocycles. The fraction of sp³-hybridized carbons (Fsp3) is 0.312. The quantitative estimate of drug-likeness (QED) is 0.846. The molecule has 0 aliphatic heterocycles. The van der Waals surface area contributed by atoms with E-state index in [1.807, 2.05) is 49.6 Å². The Kier molecular flexibility index (Phi) is 5.42. The van der Waals surface area contributed by atoms with Crippen LogP contribution < -0.4 is 10.1 Å². The van der Waals surface area contributed by atoms with Crippen molar-refractivity contribution in [2.75, 3.05) is 0 Å². The van der Waals surface area contributed by atoms with E-state index < -0.39 is 6.10 Å². The molecule has 1 amide bonds. The molecule has 0 aliphatic carbocycles. The Morgan fingerprint density at radius 2 is 2.10 bits per heavy atom. The molecule has 0 spiro atoms. The third-order valence-electron chi connectivity index (χ3n) is 3.09.